The fourth-order valence-electron chi connectivity index (χ4n) is 1.13. The molecule has 0 aromatic heterocycles. The van der Waals surface area contributed by atoms with Crippen molar-refractivity contribution < 1.29 is 4.79 Å². The molecular weight excluding hydrogens is 172 g/mol. The summed E-state index contributed by atoms with van der Waals surface area (Å²) >= 11 is 0. The van der Waals surface area contributed by atoms with Gasteiger partial charge < -0.3 is 0 Å². The van der Waals surface area contributed by atoms with Crippen LogP contribution in [-0.2, 0) is 11.2 Å². The Morgan fingerprint density at radius 2 is 1.93 bits per heavy atom. The normalized spacial score (nSPS) is 11.2. The Kier molecular flexibility index (Phi) is 4.42. The van der Waals surface area contributed by atoms with Crippen LogP contribution >= 0.6 is 0 Å². The standard InChI is InChI=1S/C13H14O/c1-2-3-5-10-13(14)11-12-8-6-4-7-9-12/h2-10H,11H2,1H3/b3-2+,10-5+. The number of ketones is 1. The number of carbonyl (C=O) groups excluding carboxylic acids is 1. The van der Waals surface area contributed by atoms with Crippen LogP contribution in [0, 0.1) is 0 Å². The first-order chi connectivity index (χ1) is 6.83. The highest BCUT2D eigenvalue weighted by molar-refractivity contribution is 5.91. The molecule has 0 fully saturated rings. The van der Waals surface area contributed by atoms with Crippen LogP contribution in [0.1, 0.15) is 12.5 Å². The predicted molar refractivity (Wildman–Crippen MR) is 59.1 cm³/mol. The molecule has 14 heavy (non-hydrogen) atoms. The lowest BCUT2D eigenvalue weighted by atomic mass is 10.1. The third-order valence-corrected chi connectivity index (χ3v) is 1.81. The summed E-state index contributed by atoms with van der Waals surface area (Å²) < 4.78 is 0. The average Bonchev–Trinajstić information content (AvgIpc) is 2.20. The van der Waals surface area contributed by atoms with Gasteiger partial charge in [0.2, 0.25) is 0 Å². The molecular formula is C13H14O. The number of hydrogen-bond acceptors (Lipinski definition) is 1. The van der Waals surface area contributed by atoms with Crippen molar-refractivity contribution in [2.24, 2.45) is 0 Å². The second-order valence-corrected chi connectivity index (χ2v) is 3.01. The summed E-state index contributed by atoms with van der Waals surface area (Å²) in [5.74, 6) is 0.134. The number of carbonyl (C=O) groups is 1. The minimum atomic E-state index is 0.134. The first-order valence-corrected chi connectivity index (χ1v) is 4.69. The first kappa shape index (κ1) is 10.5. The maximum Gasteiger partial charge on any atom is 0.160 e. The summed E-state index contributed by atoms with van der Waals surface area (Å²) in [6, 6.07) is 9.75. The molecule has 0 bridgehead atoms. The molecule has 0 radical (unpaired) electrons. The Morgan fingerprint density at radius 3 is 2.57 bits per heavy atom. The SMILES string of the molecule is C/C=C/C=C/C(=O)Cc1ccccc1. The summed E-state index contributed by atoms with van der Waals surface area (Å²) in [5, 5.41) is 0. The summed E-state index contributed by atoms with van der Waals surface area (Å²) in [7, 11) is 0. The molecule has 0 aliphatic rings. The van der Waals surface area contributed by atoms with Crippen LogP contribution in [0.4, 0.5) is 0 Å². The van der Waals surface area contributed by atoms with Crippen molar-refractivity contribution in [2.75, 3.05) is 0 Å². The average molecular weight is 186 g/mol. The van der Waals surface area contributed by atoms with Crippen LogP contribution in [0.5, 0.6) is 0 Å². The van der Waals surface area contributed by atoms with Gasteiger partial charge in [0.05, 0.1) is 0 Å². The number of hydrogen-bond donors (Lipinski definition) is 0. The molecule has 0 unspecified atom stereocenters. The fourth-order valence-corrected chi connectivity index (χ4v) is 1.13. The fraction of sp³-hybridized carbons (Fsp3) is 0.154. The smallest absolute Gasteiger partial charge is 0.160 e. The maximum atomic E-state index is 11.4. The molecule has 0 saturated carbocycles. The van der Waals surface area contributed by atoms with Crippen molar-refractivity contribution in [2.45, 2.75) is 13.3 Å². The van der Waals surface area contributed by atoms with Gasteiger partial charge in [-0.15, -0.1) is 0 Å². The Morgan fingerprint density at radius 1 is 1.21 bits per heavy atom. The van der Waals surface area contributed by atoms with Crippen molar-refractivity contribution in [1.29, 1.82) is 0 Å². The largest absolute Gasteiger partial charge is 0.294 e. The van der Waals surface area contributed by atoms with Gasteiger partial charge in [0.25, 0.3) is 0 Å². The maximum absolute atomic E-state index is 11.4. The van der Waals surface area contributed by atoms with E-state index in [1.807, 2.05) is 49.4 Å². The Labute approximate surface area is 84.8 Å². The molecule has 0 aliphatic carbocycles. The summed E-state index contributed by atoms with van der Waals surface area (Å²) in [6.45, 7) is 1.92. The molecule has 0 saturated heterocycles. The van der Waals surface area contributed by atoms with Gasteiger partial charge in [0.1, 0.15) is 0 Å². The Hall–Kier alpha value is -1.63. The van der Waals surface area contributed by atoms with Gasteiger partial charge in [-0.3, -0.25) is 4.79 Å². The summed E-state index contributed by atoms with van der Waals surface area (Å²) in [5.41, 5.74) is 1.06. The molecule has 0 aliphatic heterocycles. The van der Waals surface area contributed by atoms with Gasteiger partial charge >= 0.3 is 0 Å². The molecule has 1 rings (SSSR count). The Bertz CT molecular complexity index is 334. The molecule has 0 amide bonds. The highest BCUT2D eigenvalue weighted by Crippen LogP contribution is 2.00. The lowest BCUT2D eigenvalue weighted by Crippen LogP contribution is -1.97. The van der Waals surface area contributed by atoms with Crippen LogP contribution in [0.15, 0.2) is 54.6 Å². The van der Waals surface area contributed by atoms with E-state index in [0.717, 1.165) is 5.56 Å². The number of allylic oxidation sites excluding steroid dienone is 4. The van der Waals surface area contributed by atoms with E-state index in [1.165, 1.54) is 0 Å². The summed E-state index contributed by atoms with van der Waals surface area (Å²) in [4.78, 5) is 11.4. The minimum Gasteiger partial charge on any atom is -0.294 e. The first-order valence-electron chi connectivity index (χ1n) is 4.69. The quantitative estimate of drug-likeness (QED) is 0.522. The second kappa shape index (κ2) is 5.92. The Balaban J connectivity index is 2.50. The highest BCUT2D eigenvalue weighted by Gasteiger charge is 1.97. The monoisotopic (exact) mass is 186 g/mol. The van der Waals surface area contributed by atoms with Crippen molar-refractivity contribution in [3.05, 3.63) is 60.2 Å². The van der Waals surface area contributed by atoms with E-state index in [1.54, 1.807) is 12.2 Å². The predicted octanol–water partition coefficient (Wildman–Crippen LogP) is 2.93. The molecule has 1 nitrogen and oxygen atoms in total. The molecule has 1 heteroatoms. The molecule has 0 spiro atoms. The third-order valence-electron chi connectivity index (χ3n) is 1.81. The zero-order valence-corrected chi connectivity index (χ0v) is 8.31. The molecule has 1 aromatic rings. The van der Waals surface area contributed by atoms with E-state index in [-0.39, 0.29) is 5.78 Å². The second-order valence-electron chi connectivity index (χ2n) is 3.01. The lowest BCUT2D eigenvalue weighted by Gasteiger charge is -1.95. The van der Waals surface area contributed by atoms with Crippen LogP contribution < -0.4 is 0 Å². The van der Waals surface area contributed by atoms with E-state index in [4.69, 9.17) is 0 Å². The van der Waals surface area contributed by atoms with Gasteiger partial charge in [0.15, 0.2) is 5.78 Å². The zero-order valence-electron chi connectivity index (χ0n) is 8.31. The zero-order chi connectivity index (χ0) is 10.2. The van der Waals surface area contributed by atoms with Crippen molar-refractivity contribution >= 4 is 5.78 Å². The van der Waals surface area contributed by atoms with Gasteiger partial charge in [0, 0.05) is 6.42 Å². The van der Waals surface area contributed by atoms with Crippen molar-refractivity contribution in [3.63, 3.8) is 0 Å². The van der Waals surface area contributed by atoms with Crippen LogP contribution in [0.3, 0.4) is 0 Å². The number of rotatable bonds is 4. The molecule has 72 valence electrons. The van der Waals surface area contributed by atoms with E-state index in [0.29, 0.717) is 6.42 Å². The van der Waals surface area contributed by atoms with Crippen molar-refractivity contribution in [3.8, 4) is 0 Å². The van der Waals surface area contributed by atoms with Crippen LogP contribution in [-0.4, -0.2) is 5.78 Å². The lowest BCUT2D eigenvalue weighted by molar-refractivity contribution is -0.114. The van der Waals surface area contributed by atoms with Gasteiger partial charge in [-0.05, 0) is 18.6 Å². The van der Waals surface area contributed by atoms with Gasteiger partial charge in [-0.2, -0.15) is 0 Å². The van der Waals surface area contributed by atoms with Gasteiger partial charge in [-0.1, -0.05) is 48.6 Å². The highest BCUT2D eigenvalue weighted by atomic mass is 16.1. The van der Waals surface area contributed by atoms with E-state index >= 15 is 0 Å². The molecule has 0 N–H and O–H groups in total. The minimum absolute atomic E-state index is 0.134. The number of benzene rings is 1. The molecule has 1 aromatic carbocycles. The molecule has 0 atom stereocenters. The van der Waals surface area contributed by atoms with E-state index < -0.39 is 0 Å². The third kappa shape index (κ3) is 3.85. The van der Waals surface area contributed by atoms with Crippen molar-refractivity contribution in [1.82, 2.24) is 0 Å². The van der Waals surface area contributed by atoms with E-state index in [2.05, 4.69) is 0 Å². The van der Waals surface area contributed by atoms with E-state index in [9.17, 15) is 4.79 Å². The van der Waals surface area contributed by atoms with Crippen LogP contribution in [0.2, 0.25) is 0 Å². The topological polar surface area (TPSA) is 17.1 Å². The summed E-state index contributed by atoms with van der Waals surface area (Å²) in [6.07, 6.45) is 7.60. The van der Waals surface area contributed by atoms with Crippen LogP contribution in [0.25, 0.3) is 0 Å². The van der Waals surface area contributed by atoms with Gasteiger partial charge in [-0.25, -0.2) is 0 Å². The molecule has 0 heterocycles.